The fourth-order valence-corrected chi connectivity index (χ4v) is 6.23. The number of piperazine rings is 1. The fraction of sp³-hybridized carbons (Fsp3) is 0.469. The number of pyridine rings is 1. The van der Waals surface area contributed by atoms with Crippen molar-refractivity contribution in [1.82, 2.24) is 30.1 Å². The molecule has 11 nitrogen and oxygen atoms in total. The third kappa shape index (κ3) is 6.50. The molecule has 5 heterocycles. The van der Waals surface area contributed by atoms with Gasteiger partial charge in [-0.2, -0.15) is 0 Å². The van der Waals surface area contributed by atoms with E-state index in [0.29, 0.717) is 35.4 Å². The third-order valence-electron chi connectivity index (χ3n) is 8.75. The number of benzene rings is 1. The molecule has 2 atom stereocenters. The van der Waals surface area contributed by atoms with E-state index < -0.39 is 0 Å². The van der Waals surface area contributed by atoms with Crippen molar-refractivity contribution in [2.24, 2.45) is 0 Å². The van der Waals surface area contributed by atoms with E-state index in [1.807, 2.05) is 50.2 Å². The van der Waals surface area contributed by atoms with Gasteiger partial charge in [-0.25, -0.2) is 15.0 Å². The summed E-state index contributed by atoms with van der Waals surface area (Å²) in [6.45, 7) is 9.03. The Balaban J connectivity index is 1.12. The maximum absolute atomic E-state index is 13.6. The van der Waals surface area contributed by atoms with E-state index in [9.17, 15) is 9.59 Å². The van der Waals surface area contributed by atoms with Gasteiger partial charge in [0.1, 0.15) is 12.4 Å². The van der Waals surface area contributed by atoms with Crippen LogP contribution in [-0.2, 0) is 9.53 Å². The lowest BCUT2D eigenvalue weighted by Crippen LogP contribution is -2.45. The fourth-order valence-electron chi connectivity index (χ4n) is 6.03. The molecule has 0 aliphatic carbocycles. The summed E-state index contributed by atoms with van der Waals surface area (Å²) in [5, 5.41) is 6.82. The first-order chi connectivity index (χ1) is 21.3. The molecule has 44 heavy (non-hydrogen) atoms. The molecule has 1 aromatic carbocycles. The van der Waals surface area contributed by atoms with Gasteiger partial charge in [-0.05, 0) is 57.5 Å². The Labute approximate surface area is 263 Å². The van der Waals surface area contributed by atoms with Crippen molar-refractivity contribution in [3.63, 3.8) is 0 Å². The number of hydrogen-bond acceptors (Lipinski definition) is 9. The topological polar surface area (TPSA) is 116 Å². The summed E-state index contributed by atoms with van der Waals surface area (Å²) < 4.78 is 5.44. The number of aromatic nitrogens is 3. The highest BCUT2D eigenvalue weighted by atomic mass is 35.5. The maximum atomic E-state index is 13.6. The molecule has 0 bridgehead atoms. The first-order valence-electron chi connectivity index (χ1n) is 15.3. The average molecular weight is 619 g/mol. The molecular weight excluding hydrogens is 580 g/mol. The smallest absolute Gasteiger partial charge is 0.255 e. The summed E-state index contributed by atoms with van der Waals surface area (Å²) in [5.74, 6) is 0.979. The number of anilines is 2. The molecule has 3 aliphatic rings. The largest absolute Gasteiger partial charge is 0.381 e. The summed E-state index contributed by atoms with van der Waals surface area (Å²) in [6, 6.07) is 11.2. The molecule has 232 valence electrons. The molecular formula is C32H39ClN8O3. The standard InChI is InChI=1S/C32H39ClN8O3/c1-20(27-5-4-6-28(37-27)40-13-11-39(3)12-14-40)35-29(42)19-41-21(2)24-8-7-22(17-25(24)31(41)43)30-26(33)18-34-32(38-30)36-23-9-15-44-16-10-23/h4-8,17-18,20-21,23H,9-16,19H2,1-3H3,(H,35,42)(H,34,36,38)/t20-,21-/m1/s1. The van der Waals surface area contributed by atoms with Crippen LogP contribution in [0.3, 0.4) is 0 Å². The molecule has 0 unspecified atom stereocenters. The van der Waals surface area contributed by atoms with E-state index in [0.717, 1.165) is 61.7 Å². The highest BCUT2D eigenvalue weighted by Gasteiger charge is 2.35. The number of carbonyl (C=O) groups excluding carboxylic acids is 2. The highest BCUT2D eigenvalue weighted by Crippen LogP contribution is 2.37. The number of carbonyl (C=O) groups is 2. The summed E-state index contributed by atoms with van der Waals surface area (Å²) in [6.07, 6.45) is 3.35. The van der Waals surface area contributed by atoms with E-state index in [1.165, 1.54) is 0 Å². The van der Waals surface area contributed by atoms with Crippen LogP contribution in [0.2, 0.25) is 5.02 Å². The maximum Gasteiger partial charge on any atom is 0.255 e. The summed E-state index contributed by atoms with van der Waals surface area (Å²) in [5.41, 5.74) is 3.47. The third-order valence-corrected chi connectivity index (χ3v) is 9.03. The number of hydrogen-bond donors (Lipinski definition) is 2. The van der Waals surface area contributed by atoms with Crippen LogP contribution >= 0.6 is 11.6 Å². The van der Waals surface area contributed by atoms with Gasteiger partial charge in [0.05, 0.1) is 34.7 Å². The van der Waals surface area contributed by atoms with Crippen LogP contribution in [0, 0.1) is 0 Å². The molecule has 12 heteroatoms. The van der Waals surface area contributed by atoms with Gasteiger partial charge in [-0.15, -0.1) is 0 Å². The molecule has 6 rings (SSSR count). The lowest BCUT2D eigenvalue weighted by atomic mass is 10.0. The quantitative estimate of drug-likeness (QED) is 0.387. The van der Waals surface area contributed by atoms with Crippen LogP contribution < -0.4 is 15.5 Å². The zero-order valence-electron chi connectivity index (χ0n) is 25.4. The molecule has 0 spiro atoms. The van der Waals surface area contributed by atoms with Crippen LogP contribution in [0.1, 0.15) is 60.4 Å². The molecule has 2 N–H and O–H groups in total. The highest BCUT2D eigenvalue weighted by molar-refractivity contribution is 6.33. The number of rotatable bonds is 8. The SMILES string of the molecule is C[C@@H]1c2ccc(-c3nc(NC4CCOCC4)ncc3Cl)cc2C(=O)N1CC(=O)N[C@H](C)c1cccc(N2CCN(C)CC2)n1. The van der Waals surface area contributed by atoms with Gasteiger partial charge >= 0.3 is 0 Å². The van der Waals surface area contributed by atoms with Crippen LogP contribution in [0.25, 0.3) is 11.3 Å². The van der Waals surface area contributed by atoms with Crippen molar-refractivity contribution in [1.29, 1.82) is 0 Å². The second-order valence-corrected chi connectivity index (χ2v) is 12.2. The van der Waals surface area contributed by atoms with Crippen molar-refractivity contribution < 1.29 is 14.3 Å². The Bertz CT molecular complexity index is 1520. The van der Waals surface area contributed by atoms with Gasteiger partial charge in [0, 0.05) is 56.6 Å². The lowest BCUT2D eigenvalue weighted by molar-refractivity contribution is -0.122. The minimum atomic E-state index is -0.305. The zero-order chi connectivity index (χ0) is 30.8. The minimum Gasteiger partial charge on any atom is -0.381 e. The van der Waals surface area contributed by atoms with Crippen LogP contribution in [0.4, 0.5) is 11.8 Å². The molecule has 3 aromatic rings. The van der Waals surface area contributed by atoms with Crippen molar-refractivity contribution in [3.05, 3.63) is 64.4 Å². The van der Waals surface area contributed by atoms with Crippen LogP contribution in [0.15, 0.2) is 42.6 Å². The number of ether oxygens (including phenoxy) is 1. The summed E-state index contributed by atoms with van der Waals surface area (Å²) in [4.78, 5) is 46.8. The summed E-state index contributed by atoms with van der Waals surface area (Å²) >= 11 is 6.51. The minimum absolute atomic E-state index is 0.0556. The van der Waals surface area contributed by atoms with E-state index in [4.69, 9.17) is 21.3 Å². The first-order valence-corrected chi connectivity index (χ1v) is 15.7. The lowest BCUT2D eigenvalue weighted by Gasteiger charge is -2.33. The molecule has 2 fully saturated rings. The number of likely N-dealkylation sites (N-methyl/N-ethyl adjacent to an activating group) is 1. The van der Waals surface area contributed by atoms with E-state index in [1.54, 1.807) is 11.1 Å². The molecule has 2 amide bonds. The number of nitrogens with zero attached hydrogens (tertiary/aromatic N) is 6. The van der Waals surface area contributed by atoms with E-state index in [-0.39, 0.29) is 36.5 Å². The Morgan fingerprint density at radius 3 is 2.66 bits per heavy atom. The van der Waals surface area contributed by atoms with Gasteiger partial charge in [0.25, 0.3) is 5.91 Å². The monoisotopic (exact) mass is 618 g/mol. The second kappa shape index (κ2) is 13.1. The number of fused-ring (bicyclic) bond motifs is 1. The van der Waals surface area contributed by atoms with Crippen molar-refractivity contribution >= 4 is 35.2 Å². The normalized spacial score (nSPS) is 20.0. The number of amides is 2. The first kappa shape index (κ1) is 30.2. The molecule has 3 aliphatic heterocycles. The van der Waals surface area contributed by atoms with Gasteiger partial charge < -0.3 is 30.1 Å². The Morgan fingerprint density at radius 1 is 1.11 bits per heavy atom. The number of halogens is 1. The van der Waals surface area contributed by atoms with E-state index >= 15 is 0 Å². The van der Waals surface area contributed by atoms with E-state index in [2.05, 4.69) is 37.4 Å². The van der Waals surface area contributed by atoms with Crippen LogP contribution in [0.5, 0.6) is 0 Å². The van der Waals surface area contributed by atoms with Gasteiger partial charge in [-0.3, -0.25) is 9.59 Å². The van der Waals surface area contributed by atoms with Crippen molar-refractivity contribution in [2.75, 3.05) is 63.2 Å². The van der Waals surface area contributed by atoms with Crippen molar-refractivity contribution in [3.8, 4) is 11.3 Å². The predicted octanol–water partition coefficient (Wildman–Crippen LogP) is 3.93. The molecule has 0 radical (unpaired) electrons. The summed E-state index contributed by atoms with van der Waals surface area (Å²) in [7, 11) is 2.12. The average Bonchev–Trinajstić information content (AvgIpc) is 3.27. The Morgan fingerprint density at radius 2 is 1.89 bits per heavy atom. The Kier molecular flexibility index (Phi) is 8.97. The molecule has 2 saturated heterocycles. The van der Waals surface area contributed by atoms with Crippen molar-refractivity contribution in [2.45, 2.75) is 44.8 Å². The molecule has 0 saturated carbocycles. The zero-order valence-corrected chi connectivity index (χ0v) is 26.2. The van der Waals surface area contributed by atoms with Gasteiger partial charge in [0.15, 0.2) is 0 Å². The Hall–Kier alpha value is -3.80. The predicted molar refractivity (Wildman–Crippen MR) is 170 cm³/mol. The molecule has 2 aromatic heterocycles. The van der Waals surface area contributed by atoms with Gasteiger partial charge in [0.2, 0.25) is 11.9 Å². The number of nitrogens with one attached hydrogen (secondary N) is 2. The van der Waals surface area contributed by atoms with Crippen LogP contribution in [-0.4, -0.2) is 95.6 Å². The van der Waals surface area contributed by atoms with Gasteiger partial charge in [-0.1, -0.05) is 29.8 Å². The second-order valence-electron chi connectivity index (χ2n) is 11.8.